The van der Waals surface area contributed by atoms with Gasteiger partial charge in [-0.1, -0.05) is 27.7 Å². The van der Waals surface area contributed by atoms with E-state index in [1.165, 1.54) is 6.07 Å². The van der Waals surface area contributed by atoms with Crippen LogP contribution in [0.25, 0.3) is 0 Å². The van der Waals surface area contributed by atoms with E-state index in [1.54, 1.807) is 0 Å². The number of carboxylic acid groups (broad SMARTS) is 1. The summed E-state index contributed by atoms with van der Waals surface area (Å²) in [6.45, 7) is 8.04. The van der Waals surface area contributed by atoms with E-state index in [0.29, 0.717) is 29.7 Å². The molecule has 2 aliphatic carbocycles. The van der Waals surface area contributed by atoms with Gasteiger partial charge in [0.05, 0.1) is 24.8 Å². The molecule has 2 fully saturated rings. The third-order valence-corrected chi connectivity index (χ3v) is 9.96. The molecule has 2 heterocycles. The number of carbonyl (C=O) groups excluding carboxylic acids is 1. The van der Waals surface area contributed by atoms with Crippen LogP contribution in [0.4, 0.5) is 0 Å². The zero-order valence-corrected chi connectivity index (χ0v) is 20.3. The summed E-state index contributed by atoms with van der Waals surface area (Å²) in [5.74, 6) is -0.897. The number of carboxylic acids is 1. The highest BCUT2D eigenvalue weighted by Gasteiger charge is 2.67. The van der Waals surface area contributed by atoms with Crippen molar-refractivity contribution in [2.24, 2.45) is 22.7 Å². The van der Waals surface area contributed by atoms with Crippen LogP contribution in [0.1, 0.15) is 74.9 Å². The van der Waals surface area contributed by atoms with Gasteiger partial charge in [-0.15, -0.1) is 0 Å². The molecule has 1 aromatic carbocycles. The van der Waals surface area contributed by atoms with Gasteiger partial charge in [0.15, 0.2) is 6.04 Å². The highest BCUT2D eigenvalue weighted by atomic mass is 16.5. The van der Waals surface area contributed by atoms with Crippen LogP contribution in [0.2, 0.25) is 0 Å². The Bertz CT molecular complexity index is 1070. The van der Waals surface area contributed by atoms with Crippen LogP contribution in [-0.2, 0) is 17.8 Å². The molecule has 0 aromatic heterocycles. The molecule has 34 heavy (non-hydrogen) atoms. The Labute approximate surface area is 199 Å². The van der Waals surface area contributed by atoms with Crippen molar-refractivity contribution < 1.29 is 34.8 Å². The summed E-state index contributed by atoms with van der Waals surface area (Å²) in [4.78, 5) is 25.8. The molecule has 1 aromatic rings. The molecule has 4 N–H and O–H groups in total. The first-order chi connectivity index (χ1) is 15.9. The van der Waals surface area contributed by atoms with Crippen molar-refractivity contribution in [2.75, 3.05) is 6.61 Å². The van der Waals surface area contributed by atoms with E-state index >= 15 is 0 Å². The Balaban J connectivity index is 1.59. The summed E-state index contributed by atoms with van der Waals surface area (Å²) in [6, 6.07) is 0.0704. The fraction of sp³-hybridized carbons (Fsp3) is 0.692. The number of phenols is 1. The number of ether oxygens (including phenoxy) is 1. The van der Waals surface area contributed by atoms with Crippen LogP contribution >= 0.6 is 0 Å². The van der Waals surface area contributed by atoms with Gasteiger partial charge in [-0.3, -0.25) is 4.79 Å². The predicted molar refractivity (Wildman–Crippen MR) is 123 cm³/mol. The van der Waals surface area contributed by atoms with Gasteiger partial charge in [0.1, 0.15) is 17.1 Å². The first-order valence-electron chi connectivity index (χ1n) is 12.3. The minimum absolute atomic E-state index is 0.00951. The van der Waals surface area contributed by atoms with Crippen LogP contribution in [-0.4, -0.2) is 61.6 Å². The number of aliphatic hydroxyl groups excluding tert-OH is 2. The van der Waals surface area contributed by atoms with Crippen molar-refractivity contribution >= 4 is 11.9 Å². The van der Waals surface area contributed by atoms with Crippen molar-refractivity contribution in [2.45, 2.75) is 84.1 Å². The van der Waals surface area contributed by atoms with Crippen LogP contribution in [0.15, 0.2) is 6.07 Å². The molecule has 0 bridgehead atoms. The minimum Gasteiger partial charge on any atom is -0.508 e. The van der Waals surface area contributed by atoms with E-state index < -0.39 is 30.1 Å². The van der Waals surface area contributed by atoms with E-state index in [4.69, 9.17) is 4.74 Å². The molecule has 0 saturated heterocycles. The number of carbonyl (C=O) groups is 2. The lowest BCUT2D eigenvalue weighted by atomic mass is 9.43. The number of amides is 1. The first kappa shape index (κ1) is 23.4. The quantitative estimate of drug-likeness (QED) is 0.531. The maximum atomic E-state index is 13.1. The molecule has 186 valence electrons. The van der Waals surface area contributed by atoms with Crippen molar-refractivity contribution in [3.63, 3.8) is 0 Å². The number of aliphatic carboxylic acids is 1. The van der Waals surface area contributed by atoms with Crippen molar-refractivity contribution in [3.8, 4) is 11.5 Å². The molecule has 4 aliphatic rings. The van der Waals surface area contributed by atoms with Crippen LogP contribution in [0.5, 0.6) is 11.5 Å². The standard InChI is InChI=1S/C26H35NO7/c1-13-5-6-19-24(2,3)20(30)7-8-25(19,4)26(13)10-15-18(29)9-14-16(21(15)34-26)11-27(22(14)31)17(12-28)23(32)33/h9,13,17,19-20,28-30H,5-8,10-12H2,1-4H3,(H,32,33)/t13-,17+,19+,20-,25+,26+/m1/s1. The first-order valence-corrected chi connectivity index (χ1v) is 12.3. The largest absolute Gasteiger partial charge is 0.508 e. The molecular weight excluding hydrogens is 438 g/mol. The zero-order valence-electron chi connectivity index (χ0n) is 20.3. The Kier molecular flexibility index (Phi) is 5.06. The van der Waals surface area contributed by atoms with Crippen LogP contribution in [0, 0.1) is 22.7 Å². The Morgan fingerprint density at radius 2 is 1.94 bits per heavy atom. The molecular formula is C26H35NO7. The van der Waals surface area contributed by atoms with Gasteiger partial charge in [0.2, 0.25) is 0 Å². The summed E-state index contributed by atoms with van der Waals surface area (Å²) in [7, 11) is 0. The predicted octanol–water partition coefficient (Wildman–Crippen LogP) is 2.70. The third-order valence-electron chi connectivity index (χ3n) is 9.96. The second-order valence-electron chi connectivity index (χ2n) is 11.7. The highest BCUT2D eigenvalue weighted by molar-refractivity contribution is 6.02. The van der Waals surface area contributed by atoms with Gasteiger partial charge in [-0.05, 0) is 49.0 Å². The normalized spacial score (nSPS) is 36.6. The fourth-order valence-electron chi connectivity index (χ4n) is 7.85. The van der Waals surface area contributed by atoms with Crippen LogP contribution in [0.3, 0.4) is 0 Å². The van der Waals surface area contributed by atoms with Gasteiger partial charge in [-0.25, -0.2) is 4.79 Å². The molecule has 1 amide bonds. The van der Waals surface area contributed by atoms with Crippen molar-refractivity contribution in [1.82, 2.24) is 4.90 Å². The molecule has 5 rings (SSSR count). The zero-order chi connectivity index (χ0) is 24.8. The molecule has 2 aliphatic heterocycles. The number of benzene rings is 1. The summed E-state index contributed by atoms with van der Waals surface area (Å²) in [5.41, 5.74) is 0.372. The van der Waals surface area contributed by atoms with Gasteiger partial charge in [0.25, 0.3) is 5.91 Å². The molecule has 8 nitrogen and oxygen atoms in total. The second kappa shape index (κ2) is 7.34. The number of aromatic hydroxyl groups is 1. The van der Waals surface area contributed by atoms with Gasteiger partial charge >= 0.3 is 5.97 Å². The number of rotatable bonds is 3. The van der Waals surface area contributed by atoms with Gasteiger partial charge in [0, 0.05) is 23.0 Å². The Morgan fingerprint density at radius 1 is 1.24 bits per heavy atom. The maximum Gasteiger partial charge on any atom is 0.328 e. The average molecular weight is 474 g/mol. The summed E-state index contributed by atoms with van der Waals surface area (Å²) in [6.07, 6.45) is 3.55. The van der Waals surface area contributed by atoms with Crippen LogP contribution < -0.4 is 4.74 Å². The number of hydrogen-bond donors (Lipinski definition) is 4. The van der Waals surface area contributed by atoms with E-state index in [2.05, 4.69) is 27.7 Å². The molecule has 0 unspecified atom stereocenters. The minimum atomic E-state index is -1.36. The topological polar surface area (TPSA) is 128 Å². The summed E-state index contributed by atoms with van der Waals surface area (Å²) < 4.78 is 6.91. The van der Waals surface area contributed by atoms with Gasteiger partial charge in [-0.2, -0.15) is 0 Å². The Hall–Kier alpha value is -2.32. The lowest BCUT2D eigenvalue weighted by Crippen LogP contribution is -2.66. The van der Waals surface area contributed by atoms with Crippen molar-refractivity contribution in [1.29, 1.82) is 0 Å². The van der Waals surface area contributed by atoms with E-state index in [0.717, 1.165) is 24.2 Å². The number of aliphatic hydroxyl groups is 2. The lowest BCUT2D eigenvalue weighted by molar-refractivity contribution is -0.210. The summed E-state index contributed by atoms with van der Waals surface area (Å²) in [5, 5.41) is 40.9. The Morgan fingerprint density at radius 3 is 2.59 bits per heavy atom. The SMILES string of the molecule is C[C@@H]1CC[C@H]2C(C)(C)[C@H](O)CC[C@]2(C)[C@]12Cc1c(O)cc3c(c1O2)CN([C@@H](CO)C(=O)O)C3=O. The fourth-order valence-corrected chi connectivity index (χ4v) is 7.85. The second-order valence-corrected chi connectivity index (χ2v) is 11.7. The van der Waals surface area contributed by atoms with E-state index in [9.17, 15) is 30.0 Å². The number of fused-ring (bicyclic) bond motifs is 5. The van der Waals surface area contributed by atoms with Gasteiger partial charge < -0.3 is 30.1 Å². The number of hydrogen-bond acceptors (Lipinski definition) is 6. The molecule has 1 spiro atoms. The molecule has 2 saturated carbocycles. The highest BCUT2D eigenvalue weighted by Crippen LogP contribution is 2.67. The van der Waals surface area contributed by atoms with Crippen molar-refractivity contribution in [3.05, 3.63) is 22.8 Å². The lowest BCUT2D eigenvalue weighted by Gasteiger charge is -2.64. The maximum absolute atomic E-state index is 13.1. The molecule has 0 radical (unpaired) electrons. The number of nitrogens with zero attached hydrogens (tertiary/aromatic N) is 1. The molecule has 6 atom stereocenters. The van der Waals surface area contributed by atoms with E-state index in [1.807, 2.05) is 0 Å². The summed E-state index contributed by atoms with van der Waals surface area (Å²) >= 11 is 0. The van der Waals surface area contributed by atoms with E-state index in [-0.39, 0.29) is 46.6 Å². The third kappa shape index (κ3) is 2.78. The monoisotopic (exact) mass is 473 g/mol. The average Bonchev–Trinajstić information content (AvgIpc) is 3.32. The molecule has 8 heteroatoms. The number of phenolic OH excluding ortho intramolecular Hbond substituents is 1. The smallest absolute Gasteiger partial charge is 0.328 e.